The standard InChI is InChI=1S/C15H13F2N3O3/c1-8-7-11(19-23-8)14(21)22-9(2)13-18-10-5-3-4-6-12(10)20(13)15(16)17/h3-7,9,15H,1-2H3. The van der Waals surface area contributed by atoms with Crippen molar-refractivity contribution in [1.29, 1.82) is 0 Å². The van der Waals surface area contributed by atoms with Gasteiger partial charge in [0.1, 0.15) is 5.76 Å². The second kappa shape index (κ2) is 5.79. The molecule has 0 spiro atoms. The number of rotatable bonds is 4. The van der Waals surface area contributed by atoms with Crippen molar-refractivity contribution < 1.29 is 22.8 Å². The van der Waals surface area contributed by atoms with Crippen molar-refractivity contribution in [2.45, 2.75) is 26.5 Å². The normalized spacial score (nSPS) is 12.7. The average molecular weight is 321 g/mol. The second-order valence-electron chi connectivity index (χ2n) is 4.98. The quantitative estimate of drug-likeness (QED) is 0.686. The van der Waals surface area contributed by atoms with Crippen molar-refractivity contribution in [2.24, 2.45) is 0 Å². The molecule has 2 aromatic heterocycles. The van der Waals surface area contributed by atoms with Crippen LogP contribution in [0.1, 0.15) is 41.7 Å². The van der Waals surface area contributed by atoms with Crippen molar-refractivity contribution in [3.8, 4) is 0 Å². The van der Waals surface area contributed by atoms with Crippen LogP contribution in [0.25, 0.3) is 11.0 Å². The molecule has 0 aliphatic carbocycles. The van der Waals surface area contributed by atoms with Gasteiger partial charge in [0.25, 0.3) is 0 Å². The van der Waals surface area contributed by atoms with E-state index >= 15 is 0 Å². The third-order valence-corrected chi connectivity index (χ3v) is 3.30. The van der Waals surface area contributed by atoms with E-state index in [0.29, 0.717) is 11.3 Å². The molecule has 0 saturated carbocycles. The summed E-state index contributed by atoms with van der Waals surface area (Å²) in [5.41, 5.74) is 0.662. The number of aromatic nitrogens is 3. The van der Waals surface area contributed by atoms with Gasteiger partial charge in [0, 0.05) is 6.07 Å². The number of alkyl halides is 2. The SMILES string of the molecule is Cc1cc(C(=O)OC(C)c2nc3ccccc3n2C(F)F)no1. The minimum Gasteiger partial charge on any atom is -0.450 e. The maximum atomic E-state index is 13.4. The Balaban J connectivity index is 1.93. The van der Waals surface area contributed by atoms with Crippen LogP contribution in [0.2, 0.25) is 0 Å². The van der Waals surface area contributed by atoms with Crippen LogP contribution in [0.4, 0.5) is 8.78 Å². The molecule has 3 aromatic rings. The summed E-state index contributed by atoms with van der Waals surface area (Å²) in [7, 11) is 0. The fourth-order valence-corrected chi connectivity index (χ4v) is 2.29. The van der Waals surface area contributed by atoms with Gasteiger partial charge in [-0.1, -0.05) is 17.3 Å². The molecule has 8 heteroatoms. The van der Waals surface area contributed by atoms with Crippen LogP contribution in [0.15, 0.2) is 34.9 Å². The molecule has 6 nitrogen and oxygen atoms in total. The van der Waals surface area contributed by atoms with Gasteiger partial charge in [0.15, 0.2) is 17.6 Å². The minimum atomic E-state index is -2.80. The Bertz CT molecular complexity index is 857. The van der Waals surface area contributed by atoms with E-state index in [4.69, 9.17) is 9.26 Å². The number of fused-ring (bicyclic) bond motifs is 1. The molecular weight excluding hydrogens is 308 g/mol. The van der Waals surface area contributed by atoms with Gasteiger partial charge in [0.2, 0.25) is 0 Å². The lowest BCUT2D eigenvalue weighted by Crippen LogP contribution is -2.14. The summed E-state index contributed by atoms with van der Waals surface area (Å²) >= 11 is 0. The Morgan fingerprint density at radius 1 is 1.35 bits per heavy atom. The maximum absolute atomic E-state index is 13.4. The van der Waals surface area contributed by atoms with Gasteiger partial charge >= 0.3 is 12.5 Å². The number of para-hydroxylation sites is 2. The van der Waals surface area contributed by atoms with E-state index in [1.54, 1.807) is 25.1 Å². The van der Waals surface area contributed by atoms with E-state index in [9.17, 15) is 13.6 Å². The number of hydrogen-bond acceptors (Lipinski definition) is 5. The number of carbonyl (C=O) groups excluding carboxylic acids is 1. The number of imidazole rings is 1. The van der Waals surface area contributed by atoms with E-state index in [0.717, 1.165) is 4.57 Å². The molecule has 0 N–H and O–H groups in total. The van der Waals surface area contributed by atoms with Crippen LogP contribution < -0.4 is 0 Å². The van der Waals surface area contributed by atoms with Gasteiger partial charge in [-0.2, -0.15) is 8.78 Å². The molecule has 1 unspecified atom stereocenters. The highest BCUT2D eigenvalue weighted by Crippen LogP contribution is 2.28. The number of carbonyl (C=O) groups is 1. The first kappa shape index (κ1) is 15.1. The van der Waals surface area contributed by atoms with E-state index in [2.05, 4.69) is 10.1 Å². The Labute approximate surface area is 129 Å². The van der Waals surface area contributed by atoms with E-state index < -0.39 is 18.6 Å². The highest BCUT2D eigenvalue weighted by atomic mass is 19.3. The van der Waals surface area contributed by atoms with Crippen LogP contribution in [-0.4, -0.2) is 20.7 Å². The molecular formula is C15H13F2N3O3. The Kier molecular flexibility index (Phi) is 3.81. The predicted molar refractivity (Wildman–Crippen MR) is 76.1 cm³/mol. The van der Waals surface area contributed by atoms with Crippen molar-refractivity contribution in [1.82, 2.24) is 14.7 Å². The topological polar surface area (TPSA) is 70.2 Å². The van der Waals surface area contributed by atoms with Gasteiger partial charge in [-0.3, -0.25) is 4.57 Å². The smallest absolute Gasteiger partial charge is 0.361 e. The van der Waals surface area contributed by atoms with E-state index in [1.807, 2.05) is 0 Å². The number of nitrogens with zero attached hydrogens (tertiary/aromatic N) is 3. The molecule has 0 aliphatic heterocycles. The van der Waals surface area contributed by atoms with E-state index in [1.165, 1.54) is 19.1 Å². The largest absolute Gasteiger partial charge is 0.450 e. The van der Waals surface area contributed by atoms with Crippen LogP contribution in [0, 0.1) is 6.92 Å². The fourth-order valence-electron chi connectivity index (χ4n) is 2.29. The first-order chi connectivity index (χ1) is 11.0. The van der Waals surface area contributed by atoms with Gasteiger partial charge in [-0.25, -0.2) is 9.78 Å². The molecule has 23 heavy (non-hydrogen) atoms. The Hall–Kier alpha value is -2.77. The Morgan fingerprint density at radius 2 is 2.09 bits per heavy atom. The molecule has 1 aromatic carbocycles. The molecule has 0 fully saturated rings. The number of aryl methyl sites for hydroxylation is 1. The highest BCUT2D eigenvalue weighted by Gasteiger charge is 2.25. The molecule has 0 amide bonds. The first-order valence-corrected chi connectivity index (χ1v) is 6.86. The van der Waals surface area contributed by atoms with Crippen LogP contribution in [0.5, 0.6) is 0 Å². The molecule has 3 rings (SSSR count). The summed E-state index contributed by atoms with van der Waals surface area (Å²) in [5, 5.41) is 3.54. The lowest BCUT2D eigenvalue weighted by molar-refractivity contribution is 0.0223. The Morgan fingerprint density at radius 3 is 2.74 bits per heavy atom. The highest BCUT2D eigenvalue weighted by molar-refractivity contribution is 5.87. The first-order valence-electron chi connectivity index (χ1n) is 6.86. The van der Waals surface area contributed by atoms with Crippen molar-refractivity contribution in [2.75, 3.05) is 0 Å². The second-order valence-corrected chi connectivity index (χ2v) is 4.98. The fraction of sp³-hybridized carbons (Fsp3) is 0.267. The number of esters is 1. The summed E-state index contributed by atoms with van der Waals surface area (Å²) in [5.74, 6) is -0.346. The molecule has 120 valence electrons. The van der Waals surface area contributed by atoms with Crippen molar-refractivity contribution in [3.05, 3.63) is 47.6 Å². The molecule has 0 aliphatic rings. The molecule has 0 radical (unpaired) electrons. The zero-order valence-electron chi connectivity index (χ0n) is 12.4. The number of ether oxygens (including phenoxy) is 1. The van der Waals surface area contributed by atoms with Crippen LogP contribution in [0.3, 0.4) is 0 Å². The summed E-state index contributed by atoms with van der Waals surface area (Å²) in [6, 6.07) is 7.90. The third kappa shape index (κ3) is 2.79. The predicted octanol–water partition coefficient (Wildman–Crippen LogP) is 3.65. The summed E-state index contributed by atoms with van der Waals surface area (Å²) in [4.78, 5) is 16.1. The van der Waals surface area contributed by atoms with E-state index in [-0.39, 0.29) is 17.0 Å². The lowest BCUT2D eigenvalue weighted by atomic mass is 10.3. The van der Waals surface area contributed by atoms with Gasteiger partial charge in [-0.15, -0.1) is 0 Å². The van der Waals surface area contributed by atoms with Crippen LogP contribution in [-0.2, 0) is 4.74 Å². The van der Waals surface area contributed by atoms with Gasteiger partial charge in [-0.05, 0) is 26.0 Å². The minimum absolute atomic E-state index is 0.0194. The third-order valence-electron chi connectivity index (χ3n) is 3.30. The lowest BCUT2D eigenvalue weighted by Gasteiger charge is -2.14. The molecule has 2 heterocycles. The monoisotopic (exact) mass is 321 g/mol. The van der Waals surface area contributed by atoms with Gasteiger partial charge < -0.3 is 9.26 Å². The van der Waals surface area contributed by atoms with Crippen molar-refractivity contribution >= 4 is 17.0 Å². The molecule has 1 atom stereocenters. The molecule has 0 bridgehead atoms. The number of halogens is 2. The molecule has 0 saturated heterocycles. The maximum Gasteiger partial charge on any atom is 0.361 e. The number of benzene rings is 1. The summed E-state index contributed by atoms with van der Waals surface area (Å²) < 4.78 is 37.5. The van der Waals surface area contributed by atoms with Crippen molar-refractivity contribution in [3.63, 3.8) is 0 Å². The van der Waals surface area contributed by atoms with Crippen LogP contribution >= 0.6 is 0 Å². The summed E-state index contributed by atoms with van der Waals surface area (Å²) in [6.07, 6.45) is -0.971. The van der Waals surface area contributed by atoms with Gasteiger partial charge in [0.05, 0.1) is 11.0 Å². The average Bonchev–Trinajstić information content (AvgIpc) is 3.10. The zero-order valence-corrected chi connectivity index (χ0v) is 12.4. The summed E-state index contributed by atoms with van der Waals surface area (Å²) in [6.45, 7) is 0.307. The number of hydrogen-bond donors (Lipinski definition) is 0. The zero-order chi connectivity index (χ0) is 16.6.